The Labute approximate surface area is 150 Å². The summed E-state index contributed by atoms with van der Waals surface area (Å²) >= 11 is 1.60. The van der Waals surface area contributed by atoms with Gasteiger partial charge in [0, 0.05) is 30.7 Å². The Hall–Kier alpha value is -2.22. The van der Waals surface area contributed by atoms with Gasteiger partial charge in [0.25, 0.3) is 0 Å². The van der Waals surface area contributed by atoms with Gasteiger partial charge < -0.3 is 19.7 Å². The number of thiazole rings is 1. The molecular formula is C18H20N4O2S. The van der Waals surface area contributed by atoms with Gasteiger partial charge in [-0.2, -0.15) is 0 Å². The number of rotatable bonds is 4. The molecule has 130 valence electrons. The number of benzene rings is 1. The summed E-state index contributed by atoms with van der Waals surface area (Å²) in [7, 11) is 1.66. The number of aliphatic hydroxyl groups is 1. The first-order chi connectivity index (χ1) is 12.3. The molecule has 0 amide bonds. The van der Waals surface area contributed by atoms with E-state index in [4.69, 9.17) is 4.74 Å². The third-order valence-electron chi connectivity index (χ3n) is 4.48. The van der Waals surface area contributed by atoms with E-state index in [9.17, 15) is 5.11 Å². The standard InChI is InChI=1S/C18H20N4O2S/c1-24-13-4-2-3-12(9-13)18-21-11-16(25-18)17-20-7-8-22(17)14-5-6-19-10-15(14)23/h2-4,7-9,11,14-15,19,23H,5-6,10H2,1H3/t14-,15-/m0/s1. The minimum absolute atomic E-state index is 0.0427. The summed E-state index contributed by atoms with van der Waals surface area (Å²) in [5.74, 6) is 1.67. The van der Waals surface area contributed by atoms with Crippen molar-refractivity contribution in [3.8, 4) is 27.0 Å². The summed E-state index contributed by atoms with van der Waals surface area (Å²) in [6, 6.07) is 7.92. The van der Waals surface area contributed by atoms with Crippen LogP contribution in [0.2, 0.25) is 0 Å². The third-order valence-corrected chi connectivity index (χ3v) is 5.53. The van der Waals surface area contributed by atoms with Crippen LogP contribution < -0.4 is 10.1 Å². The molecule has 6 nitrogen and oxygen atoms in total. The van der Waals surface area contributed by atoms with Crippen LogP contribution in [0.25, 0.3) is 21.3 Å². The lowest BCUT2D eigenvalue weighted by molar-refractivity contribution is 0.0880. The van der Waals surface area contributed by atoms with Gasteiger partial charge >= 0.3 is 0 Å². The fourth-order valence-electron chi connectivity index (χ4n) is 3.19. The molecule has 0 saturated carbocycles. The summed E-state index contributed by atoms with van der Waals surface area (Å²) in [5.41, 5.74) is 1.02. The molecule has 0 aliphatic carbocycles. The lowest BCUT2D eigenvalue weighted by Gasteiger charge is -2.30. The van der Waals surface area contributed by atoms with Gasteiger partial charge in [-0.25, -0.2) is 9.97 Å². The van der Waals surface area contributed by atoms with Gasteiger partial charge in [-0.05, 0) is 25.1 Å². The van der Waals surface area contributed by atoms with Crippen molar-refractivity contribution < 1.29 is 9.84 Å². The number of ether oxygens (including phenoxy) is 1. The zero-order chi connectivity index (χ0) is 17.2. The Balaban J connectivity index is 1.66. The van der Waals surface area contributed by atoms with E-state index in [0.29, 0.717) is 6.54 Å². The maximum Gasteiger partial charge on any atom is 0.152 e. The van der Waals surface area contributed by atoms with Crippen molar-refractivity contribution in [1.82, 2.24) is 19.9 Å². The van der Waals surface area contributed by atoms with Crippen molar-refractivity contribution in [1.29, 1.82) is 0 Å². The number of imidazole rings is 1. The third kappa shape index (κ3) is 3.18. The smallest absolute Gasteiger partial charge is 0.152 e. The monoisotopic (exact) mass is 356 g/mol. The lowest BCUT2D eigenvalue weighted by atomic mass is 10.0. The molecule has 2 N–H and O–H groups in total. The first-order valence-electron chi connectivity index (χ1n) is 8.28. The molecule has 0 radical (unpaired) electrons. The molecule has 1 aliphatic heterocycles. The first-order valence-corrected chi connectivity index (χ1v) is 9.10. The zero-order valence-electron chi connectivity index (χ0n) is 13.9. The van der Waals surface area contributed by atoms with Crippen LogP contribution in [-0.4, -0.2) is 45.9 Å². The normalized spacial score (nSPS) is 20.6. The minimum Gasteiger partial charge on any atom is -0.497 e. The van der Waals surface area contributed by atoms with Gasteiger partial charge in [-0.15, -0.1) is 11.3 Å². The molecule has 4 rings (SSSR count). The van der Waals surface area contributed by atoms with Crippen LogP contribution in [0.5, 0.6) is 5.75 Å². The largest absolute Gasteiger partial charge is 0.497 e. The number of piperidine rings is 1. The predicted octanol–water partition coefficient (Wildman–Crippen LogP) is 2.58. The van der Waals surface area contributed by atoms with Crippen LogP contribution in [-0.2, 0) is 0 Å². The molecule has 25 heavy (non-hydrogen) atoms. The van der Waals surface area contributed by atoms with Crippen LogP contribution >= 0.6 is 11.3 Å². The fourth-order valence-corrected chi connectivity index (χ4v) is 4.10. The van der Waals surface area contributed by atoms with Crippen molar-refractivity contribution in [3.63, 3.8) is 0 Å². The molecule has 0 unspecified atom stereocenters. The lowest BCUT2D eigenvalue weighted by Crippen LogP contribution is -2.41. The van der Waals surface area contributed by atoms with E-state index in [2.05, 4.69) is 19.9 Å². The van der Waals surface area contributed by atoms with Crippen molar-refractivity contribution in [3.05, 3.63) is 42.9 Å². The average molecular weight is 356 g/mol. The van der Waals surface area contributed by atoms with Crippen LogP contribution in [0.15, 0.2) is 42.9 Å². The highest BCUT2D eigenvalue weighted by atomic mass is 32.1. The number of hydrogen-bond donors (Lipinski definition) is 2. The number of aromatic nitrogens is 3. The predicted molar refractivity (Wildman–Crippen MR) is 97.9 cm³/mol. The van der Waals surface area contributed by atoms with Gasteiger partial charge in [0.2, 0.25) is 0 Å². The van der Waals surface area contributed by atoms with Crippen LogP contribution in [0.1, 0.15) is 12.5 Å². The highest BCUT2D eigenvalue weighted by Gasteiger charge is 2.26. The number of β-amino-alcohol motifs (C(OH)–C–C–N with tert-alkyl or cyclic N) is 1. The highest BCUT2D eigenvalue weighted by Crippen LogP contribution is 2.34. The van der Waals surface area contributed by atoms with E-state index in [0.717, 1.165) is 40.0 Å². The Kier molecular flexibility index (Phi) is 4.52. The topological polar surface area (TPSA) is 72.2 Å². The molecule has 2 aromatic heterocycles. The van der Waals surface area contributed by atoms with E-state index < -0.39 is 6.10 Å². The second-order valence-electron chi connectivity index (χ2n) is 6.05. The van der Waals surface area contributed by atoms with E-state index in [1.54, 1.807) is 24.6 Å². The second kappa shape index (κ2) is 6.95. The van der Waals surface area contributed by atoms with E-state index in [1.165, 1.54) is 0 Å². The van der Waals surface area contributed by atoms with Gasteiger partial charge in [0.05, 0.1) is 24.1 Å². The van der Waals surface area contributed by atoms with Crippen LogP contribution in [0.4, 0.5) is 0 Å². The van der Waals surface area contributed by atoms with Crippen LogP contribution in [0.3, 0.4) is 0 Å². The van der Waals surface area contributed by atoms with Gasteiger partial charge in [0.1, 0.15) is 10.8 Å². The molecule has 3 aromatic rings. The average Bonchev–Trinajstić information content (AvgIpc) is 3.31. The van der Waals surface area contributed by atoms with Gasteiger partial charge in [-0.3, -0.25) is 0 Å². The summed E-state index contributed by atoms with van der Waals surface area (Å²) in [4.78, 5) is 10.1. The zero-order valence-corrected chi connectivity index (χ0v) is 14.7. The SMILES string of the molecule is COc1cccc(-c2ncc(-c3nccn3[C@H]3CCNC[C@@H]3O)s2)c1. The molecule has 1 saturated heterocycles. The molecule has 1 aromatic carbocycles. The summed E-state index contributed by atoms with van der Waals surface area (Å²) in [6.07, 6.45) is 6.05. The Bertz CT molecular complexity index is 860. The number of methoxy groups -OCH3 is 1. The molecule has 2 atom stereocenters. The maximum absolute atomic E-state index is 10.3. The molecule has 0 bridgehead atoms. The summed E-state index contributed by atoms with van der Waals surface area (Å²) < 4.78 is 7.37. The fraction of sp³-hybridized carbons (Fsp3) is 0.333. The summed E-state index contributed by atoms with van der Waals surface area (Å²) in [6.45, 7) is 1.51. The second-order valence-corrected chi connectivity index (χ2v) is 7.08. The van der Waals surface area contributed by atoms with Crippen molar-refractivity contribution in [2.24, 2.45) is 0 Å². The summed E-state index contributed by atoms with van der Waals surface area (Å²) in [5, 5.41) is 14.5. The Morgan fingerprint density at radius 1 is 1.36 bits per heavy atom. The minimum atomic E-state index is -0.410. The van der Waals surface area contributed by atoms with E-state index in [1.807, 2.05) is 36.7 Å². The van der Waals surface area contributed by atoms with Crippen molar-refractivity contribution in [2.45, 2.75) is 18.6 Å². The van der Waals surface area contributed by atoms with E-state index in [-0.39, 0.29) is 6.04 Å². The number of aliphatic hydroxyl groups excluding tert-OH is 1. The molecular weight excluding hydrogens is 336 g/mol. The molecule has 1 fully saturated rings. The molecule has 3 heterocycles. The quantitative estimate of drug-likeness (QED) is 0.752. The number of nitrogens with zero attached hydrogens (tertiary/aromatic N) is 3. The van der Waals surface area contributed by atoms with Gasteiger partial charge in [0.15, 0.2) is 5.82 Å². The van der Waals surface area contributed by atoms with Crippen molar-refractivity contribution >= 4 is 11.3 Å². The number of hydrogen-bond acceptors (Lipinski definition) is 6. The maximum atomic E-state index is 10.3. The molecule has 1 aliphatic rings. The Morgan fingerprint density at radius 3 is 3.12 bits per heavy atom. The first kappa shape index (κ1) is 16.3. The highest BCUT2D eigenvalue weighted by molar-refractivity contribution is 7.18. The number of nitrogens with one attached hydrogen (secondary N) is 1. The Morgan fingerprint density at radius 2 is 2.28 bits per heavy atom. The van der Waals surface area contributed by atoms with Crippen molar-refractivity contribution in [2.75, 3.05) is 20.2 Å². The molecule has 7 heteroatoms. The van der Waals surface area contributed by atoms with Gasteiger partial charge in [-0.1, -0.05) is 12.1 Å². The van der Waals surface area contributed by atoms with E-state index >= 15 is 0 Å². The van der Waals surface area contributed by atoms with Crippen LogP contribution in [0, 0.1) is 0 Å². The molecule has 0 spiro atoms.